The predicted octanol–water partition coefficient (Wildman–Crippen LogP) is 0.818. The highest BCUT2D eigenvalue weighted by Crippen LogP contribution is 2.01. The first-order valence-electron chi connectivity index (χ1n) is 4.63. The number of aliphatic carboxylic acids is 1. The number of carboxylic acids is 1. The molecular weight excluding hydrogens is 170 g/mol. The van der Waals surface area contributed by atoms with Crippen LogP contribution in [0.15, 0.2) is 0 Å². The second-order valence-electron chi connectivity index (χ2n) is 2.94. The number of nitrogens with zero attached hydrogens (tertiary/aromatic N) is 1. The topological polar surface area (TPSA) is 49.8 Å². The molecule has 78 valence electrons. The van der Waals surface area contributed by atoms with Crippen molar-refractivity contribution in [2.45, 2.75) is 26.3 Å². The van der Waals surface area contributed by atoms with Gasteiger partial charge in [0, 0.05) is 7.11 Å². The van der Waals surface area contributed by atoms with E-state index < -0.39 is 12.0 Å². The van der Waals surface area contributed by atoms with Gasteiger partial charge in [-0.2, -0.15) is 0 Å². The van der Waals surface area contributed by atoms with Crippen LogP contribution in [0.25, 0.3) is 0 Å². The minimum atomic E-state index is -0.808. The van der Waals surface area contributed by atoms with Gasteiger partial charge in [0.15, 0.2) is 0 Å². The Bertz CT molecular complexity index is 150. The second kappa shape index (κ2) is 6.86. The Morgan fingerprint density at radius 1 is 1.54 bits per heavy atom. The first kappa shape index (κ1) is 12.4. The van der Waals surface area contributed by atoms with Gasteiger partial charge in [-0.15, -0.1) is 0 Å². The van der Waals surface area contributed by atoms with E-state index in [1.807, 2.05) is 18.7 Å². The Hall–Kier alpha value is -0.610. The summed E-state index contributed by atoms with van der Waals surface area (Å²) in [6, 6.07) is -0.505. The molecule has 13 heavy (non-hydrogen) atoms. The van der Waals surface area contributed by atoms with Crippen molar-refractivity contribution in [3.8, 4) is 0 Å². The number of methoxy groups -OCH3 is 1. The van der Waals surface area contributed by atoms with E-state index in [1.165, 1.54) is 7.11 Å². The minimum Gasteiger partial charge on any atom is -0.480 e. The zero-order valence-corrected chi connectivity index (χ0v) is 8.62. The first-order chi connectivity index (χ1) is 6.17. The number of likely N-dealkylation sites (N-methyl/N-ethyl adjacent to an activating group) is 1. The molecular formula is C9H19NO3. The van der Waals surface area contributed by atoms with Gasteiger partial charge in [-0.25, -0.2) is 0 Å². The maximum Gasteiger partial charge on any atom is 0.323 e. The third kappa shape index (κ3) is 4.24. The molecule has 0 heterocycles. The second-order valence-corrected chi connectivity index (χ2v) is 2.94. The van der Waals surface area contributed by atoms with Gasteiger partial charge in [0.25, 0.3) is 0 Å². The summed E-state index contributed by atoms with van der Waals surface area (Å²) in [5.74, 6) is -0.808. The number of hydrogen-bond donors (Lipinski definition) is 1. The molecule has 1 N–H and O–H groups in total. The summed E-state index contributed by atoms with van der Waals surface area (Å²) < 4.78 is 4.87. The van der Waals surface area contributed by atoms with Crippen LogP contribution >= 0.6 is 0 Å². The van der Waals surface area contributed by atoms with Crippen molar-refractivity contribution in [1.82, 2.24) is 4.90 Å². The molecule has 0 aliphatic heterocycles. The Morgan fingerprint density at radius 3 is 2.46 bits per heavy atom. The Balaban J connectivity index is 4.20. The third-order valence-corrected chi connectivity index (χ3v) is 1.97. The molecule has 4 nitrogen and oxygen atoms in total. The van der Waals surface area contributed by atoms with E-state index >= 15 is 0 Å². The van der Waals surface area contributed by atoms with E-state index in [4.69, 9.17) is 9.84 Å². The Labute approximate surface area is 79.5 Å². The molecule has 0 aromatic heterocycles. The summed E-state index contributed by atoms with van der Waals surface area (Å²) in [6.45, 7) is 5.80. The van der Waals surface area contributed by atoms with Gasteiger partial charge >= 0.3 is 5.97 Å². The van der Waals surface area contributed by atoms with Crippen LogP contribution in [-0.2, 0) is 9.53 Å². The molecule has 0 radical (unpaired) electrons. The maximum absolute atomic E-state index is 10.8. The first-order valence-corrected chi connectivity index (χ1v) is 4.63. The normalized spacial score (nSPS) is 13.2. The number of carbonyl (C=O) groups is 1. The Morgan fingerprint density at radius 2 is 2.15 bits per heavy atom. The van der Waals surface area contributed by atoms with Crippen molar-refractivity contribution < 1.29 is 14.6 Å². The smallest absolute Gasteiger partial charge is 0.323 e. The molecule has 0 saturated carbocycles. The third-order valence-electron chi connectivity index (χ3n) is 1.97. The van der Waals surface area contributed by atoms with Crippen LogP contribution < -0.4 is 0 Å². The van der Waals surface area contributed by atoms with E-state index in [2.05, 4.69) is 0 Å². The van der Waals surface area contributed by atoms with E-state index in [1.54, 1.807) is 0 Å². The van der Waals surface area contributed by atoms with Crippen LogP contribution in [0.4, 0.5) is 0 Å². The fourth-order valence-corrected chi connectivity index (χ4v) is 1.31. The van der Waals surface area contributed by atoms with Crippen molar-refractivity contribution in [3.05, 3.63) is 0 Å². The van der Waals surface area contributed by atoms with Crippen molar-refractivity contribution in [3.63, 3.8) is 0 Å². The monoisotopic (exact) mass is 189 g/mol. The number of hydrogen-bond acceptors (Lipinski definition) is 3. The summed E-state index contributed by atoms with van der Waals surface area (Å²) >= 11 is 0. The van der Waals surface area contributed by atoms with Gasteiger partial charge in [-0.05, 0) is 19.5 Å². The summed E-state index contributed by atoms with van der Waals surface area (Å²) in [5.41, 5.74) is 0. The highest BCUT2D eigenvalue weighted by molar-refractivity contribution is 5.73. The van der Waals surface area contributed by atoms with Gasteiger partial charge in [0.05, 0.1) is 6.61 Å². The summed E-state index contributed by atoms with van der Waals surface area (Å²) in [7, 11) is 1.52. The van der Waals surface area contributed by atoms with Crippen LogP contribution in [0.5, 0.6) is 0 Å². The zero-order chi connectivity index (χ0) is 10.3. The van der Waals surface area contributed by atoms with Crippen molar-refractivity contribution in [2.75, 3.05) is 26.8 Å². The SMILES string of the molecule is CCCN(CC)C(COC)C(=O)O. The molecule has 0 rings (SSSR count). The van der Waals surface area contributed by atoms with E-state index in [0.29, 0.717) is 0 Å². The summed E-state index contributed by atoms with van der Waals surface area (Å²) in [6.07, 6.45) is 0.960. The largest absolute Gasteiger partial charge is 0.480 e. The lowest BCUT2D eigenvalue weighted by Crippen LogP contribution is -2.44. The molecule has 0 amide bonds. The van der Waals surface area contributed by atoms with Gasteiger partial charge in [-0.1, -0.05) is 13.8 Å². The Kier molecular flexibility index (Phi) is 6.54. The minimum absolute atomic E-state index is 0.253. The molecule has 0 aliphatic carbocycles. The fraction of sp³-hybridized carbons (Fsp3) is 0.889. The lowest BCUT2D eigenvalue weighted by Gasteiger charge is -2.26. The van der Waals surface area contributed by atoms with Crippen LogP contribution in [0.3, 0.4) is 0 Å². The molecule has 0 aromatic rings. The zero-order valence-electron chi connectivity index (χ0n) is 8.62. The molecule has 0 bridgehead atoms. The lowest BCUT2D eigenvalue weighted by molar-refractivity contribution is -0.145. The van der Waals surface area contributed by atoms with Crippen LogP contribution in [0, 0.1) is 0 Å². The van der Waals surface area contributed by atoms with Gasteiger partial charge in [0.1, 0.15) is 6.04 Å². The van der Waals surface area contributed by atoms with Crippen LogP contribution in [-0.4, -0.2) is 48.8 Å². The average Bonchev–Trinajstić information content (AvgIpc) is 2.10. The standard InChI is InChI=1S/C9H19NO3/c1-4-6-10(5-2)8(7-13-3)9(11)12/h8H,4-7H2,1-3H3,(H,11,12). The molecule has 0 saturated heterocycles. The average molecular weight is 189 g/mol. The summed E-state index contributed by atoms with van der Waals surface area (Å²) in [5, 5.41) is 8.91. The van der Waals surface area contributed by atoms with Gasteiger partial charge in [0.2, 0.25) is 0 Å². The number of carboxylic acid groups (broad SMARTS) is 1. The molecule has 0 fully saturated rings. The van der Waals surface area contributed by atoms with E-state index in [9.17, 15) is 4.79 Å². The van der Waals surface area contributed by atoms with E-state index in [-0.39, 0.29) is 6.61 Å². The molecule has 0 spiro atoms. The van der Waals surface area contributed by atoms with Crippen molar-refractivity contribution in [1.29, 1.82) is 0 Å². The van der Waals surface area contributed by atoms with E-state index in [0.717, 1.165) is 19.5 Å². The molecule has 1 unspecified atom stereocenters. The van der Waals surface area contributed by atoms with Crippen molar-refractivity contribution in [2.24, 2.45) is 0 Å². The maximum atomic E-state index is 10.8. The highest BCUT2D eigenvalue weighted by atomic mass is 16.5. The molecule has 0 aliphatic rings. The van der Waals surface area contributed by atoms with Crippen molar-refractivity contribution >= 4 is 5.97 Å². The number of ether oxygens (including phenoxy) is 1. The van der Waals surface area contributed by atoms with Gasteiger partial charge in [-0.3, -0.25) is 9.69 Å². The predicted molar refractivity (Wildman–Crippen MR) is 50.8 cm³/mol. The lowest BCUT2D eigenvalue weighted by atomic mass is 10.2. The molecule has 0 aromatic carbocycles. The fourth-order valence-electron chi connectivity index (χ4n) is 1.31. The molecule has 1 atom stereocenters. The highest BCUT2D eigenvalue weighted by Gasteiger charge is 2.23. The van der Waals surface area contributed by atoms with Crippen LogP contribution in [0.2, 0.25) is 0 Å². The number of rotatable bonds is 7. The van der Waals surface area contributed by atoms with Crippen LogP contribution in [0.1, 0.15) is 20.3 Å². The van der Waals surface area contributed by atoms with Gasteiger partial charge < -0.3 is 9.84 Å². The summed E-state index contributed by atoms with van der Waals surface area (Å²) in [4.78, 5) is 12.8. The molecule has 4 heteroatoms. The quantitative estimate of drug-likeness (QED) is 0.644.